The molecule has 3 aliphatic rings. The Kier molecular flexibility index (Phi) is 6.76. The fourth-order valence-corrected chi connectivity index (χ4v) is 5.86. The van der Waals surface area contributed by atoms with Crippen LogP contribution < -0.4 is 0 Å². The number of benzene rings is 1. The van der Waals surface area contributed by atoms with Gasteiger partial charge in [0.15, 0.2) is 0 Å². The van der Waals surface area contributed by atoms with E-state index in [-0.39, 0.29) is 23.8 Å². The Bertz CT molecular complexity index is 1080. The second-order valence-electron chi connectivity index (χ2n) is 9.36. The number of carbonyl (C=O) groups excluding carboxylic acids is 3. The van der Waals surface area contributed by atoms with Crippen LogP contribution in [0.4, 0.5) is 0 Å². The van der Waals surface area contributed by atoms with Crippen LogP contribution in [0.5, 0.6) is 0 Å². The summed E-state index contributed by atoms with van der Waals surface area (Å²) < 4.78 is 17.4. The number of fused-ring (bicyclic) bond motifs is 3. The number of ether oxygens (including phenoxy) is 3. The molecule has 1 saturated carbocycles. The Morgan fingerprint density at radius 3 is 2.62 bits per heavy atom. The molecule has 1 saturated heterocycles. The van der Waals surface area contributed by atoms with E-state index < -0.39 is 23.8 Å². The minimum absolute atomic E-state index is 0.170. The first-order valence-corrected chi connectivity index (χ1v) is 12.7. The van der Waals surface area contributed by atoms with Crippen molar-refractivity contribution in [1.82, 2.24) is 0 Å². The molecular formula is C27H30O6S. The summed E-state index contributed by atoms with van der Waals surface area (Å²) in [5.41, 5.74) is 2.33. The summed E-state index contributed by atoms with van der Waals surface area (Å²) in [6, 6.07) is 7.89. The van der Waals surface area contributed by atoms with E-state index in [1.54, 1.807) is 17.8 Å². The van der Waals surface area contributed by atoms with Gasteiger partial charge in [-0.1, -0.05) is 18.7 Å². The van der Waals surface area contributed by atoms with Crippen LogP contribution in [0, 0.1) is 11.8 Å². The monoisotopic (exact) mass is 482 g/mol. The summed E-state index contributed by atoms with van der Waals surface area (Å²) in [7, 11) is 0. The zero-order valence-corrected chi connectivity index (χ0v) is 20.8. The Morgan fingerprint density at radius 1 is 1.26 bits per heavy atom. The van der Waals surface area contributed by atoms with Crippen LogP contribution in [0.3, 0.4) is 0 Å². The Balaban J connectivity index is 1.58. The van der Waals surface area contributed by atoms with E-state index in [1.807, 2.05) is 44.4 Å². The molecule has 0 radical (unpaired) electrons. The normalized spacial score (nSPS) is 30.6. The molecule has 0 spiro atoms. The molecule has 180 valence electrons. The first-order valence-electron chi connectivity index (χ1n) is 11.5. The van der Waals surface area contributed by atoms with E-state index in [0.29, 0.717) is 24.8 Å². The number of hydrogen-bond acceptors (Lipinski definition) is 7. The fraction of sp³-hybridized carbons (Fsp3) is 0.444. The number of thioether (sulfide) groups is 1. The average molecular weight is 483 g/mol. The predicted molar refractivity (Wildman–Crippen MR) is 130 cm³/mol. The highest BCUT2D eigenvalue weighted by molar-refractivity contribution is 7.98. The summed E-state index contributed by atoms with van der Waals surface area (Å²) in [4.78, 5) is 38.0. The summed E-state index contributed by atoms with van der Waals surface area (Å²) in [5.74, 6) is -1.59. The van der Waals surface area contributed by atoms with Crippen molar-refractivity contribution in [2.45, 2.75) is 62.7 Å². The van der Waals surface area contributed by atoms with E-state index in [9.17, 15) is 14.4 Å². The lowest BCUT2D eigenvalue weighted by Crippen LogP contribution is -2.40. The van der Waals surface area contributed by atoms with Gasteiger partial charge in [-0.3, -0.25) is 4.79 Å². The van der Waals surface area contributed by atoms with Gasteiger partial charge in [0.2, 0.25) is 0 Å². The molecule has 6 nitrogen and oxygen atoms in total. The highest BCUT2D eigenvalue weighted by atomic mass is 32.2. The number of rotatable bonds is 5. The molecule has 7 heteroatoms. The molecule has 2 aliphatic carbocycles. The minimum atomic E-state index is -0.782. The van der Waals surface area contributed by atoms with Crippen LogP contribution in [0.25, 0.3) is 6.08 Å². The van der Waals surface area contributed by atoms with Crippen molar-refractivity contribution in [3.05, 3.63) is 59.2 Å². The fourth-order valence-electron chi connectivity index (χ4n) is 5.45. The lowest BCUT2D eigenvalue weighted by atomic mass is 9.81. The SMILES string of the molecule is C=C1C(=O)O[C@@H]2C3=C(C)[C@@H](OC(=O)/C=C/c4ccc(SC)cc4)CC3[C@](C)(OC(C)=O)CC[C@@H]12. The van der Waals surface area contributed by atoms with E-state index in [4.69, 9.17) is 14.2 Å². The highest BCUT2D eigenvalue weighted by Crippen LogP contribution is 2.53. The quantitative estimate of drug-likeness (QED) is 0.194. The molecular weight excluding hydrogens is 452 g/mol. The maximum absolute atomic E-state index is 12.7. The Morgan fingerprint density at radius 2 is 1.97 bits per heavy atom. The van der Waals surface area contributed by atoms with E-state index >= 15 is 0 Å². The topological polar surface area (TPSA) is 78.9 Å². The first-order chi connectivity index (χ1) is 16.1. The molecule has 0 N–H and O–H groups in total. The number of hydrogen-bond donors (Lipinski definition) is 0. The zero-order valence-electron chi connectivity index (χ0n) is 20.0. The second-order valence-corrected chi connectivity index (χ2v) is 10.2. The molecule has 1 aromatic rings. The van der Waals surface area contributed by atoms with Crippen LogP contribution in [0.1, 0.15) is 45.6 Å². The van der Waals surface area contributed by atoms with Crippen LogP contribution in [0.2, 0.25) is 0 Å². The van der Waals surface area contributed by atoms with Gasteiger partial charge in [0.1, 0.15) is 17.8 Å². The Hall–Kier alpha value is -2.80. The van der Waals surface area contributed by atoms with Crippen LogP contribution >= 0.6 is 11.8 Å². The van der Waals surface area contributed by atoms with Gasteiger partial charge in [-0.05, 0) is 74.3 Å². The molecule has 2 fully saturated rings. The van der Waals surface area contributed by atoms with Gasteiger partial charge >= 0.3 is 17.9 Å². The van der Waals surface area contributed by atoms with Crippen molar-refractivity contribution >= 4 is 35.7 Å². The lowest BCUT2D eigenvalue weighted by molar-refractivity contribution is -0.162. The molecule has 34 heavy (non-hydrogen) atoms. The van der Waals surface area contributed by atoms with Gasteiger partial charge in [-0.2, -0.15) is 0 Å². The zero-order chi connectivity index (χ0) is 24.6. The van der Waals surface area contributed by atoms with Gasteiger partial charge < -0.3 is 14.2 Å². The molecule has 5 atom stereocenters. The van der Waals surface area contributed by atoms with Gasteiger partial charge in [0.05, 0.1) is 0 Å². The van der Waals surface area contributed by atoms with Crippen molar-refractivity contribution < 1.29 is 28.6 Å². The van der Waals surface area contributed by atoms with Crippen LogP contribution in [-0.2, 0) is 28.6 Å². The third-order valence-corrected chi connectivity index (χ3v) is 7.97. The van der Waals surface area contributed by atoms with Crippen molar-refractivity contribution in [1.29, 1.82) is 0 Å². The molecule has 0 aromatic heterocycles. The summed E-state index contributed by atoms with van der Waals surface area (Å²) in [6.07, 6.45) is 5.88. The molecule has 4 rings (SSSR count). The van der Waals surface area contributed by atoms with Crippen molar-refractivity contribution in [3.63, 3.8) is 0 Å². The van der Waals surface area contributed by atoms with Crippen LogP contribution in [0.15, 0.2) is 58.5 Å². The Labute approximate surface area is 204 Å². The first kappa shape index (κ1) is 24.3. The van der Waals surface area contributed by atoms with Gasteiger partial charge in [-0.25, -0.2) is 9.59 Å². The maximum atomic E-state index is 12.7. The third kappa shape index (κ3) is 4.58. The molecule has 1 aromatic carbocycles. The lowest BCUT2D eigenvalue weighted by Gasteiger charge is -2.35. The molecule has 1 heterocycles. The minimum Gasteiger partial charge on any atom is -0.459 e. The summed E-state index contributed by atoms with van der Waals surface area (Å²) >= 11 is 1.66. The van der Waals surface area contributed by atoms with Crippen molar-refractivity contribution in [2.75, 3.05) is 6.26 Å². The standard InChI is InChI=1S/C27H30O6S/c1-15-20-12-13-27(4,33-17(3)28)21-14-22(16(2)24(21)25(20)32-26(15)30)31-23(29)11-8-18-6-9-19(34-5)10-7-18/h6-11,20-22,25H,1,12-14H2,2-5H3/b11-8+/t20-,21?,22-,25-,27+/m0/s1. The maximum Gasteiger partial charge on any atom is 0.334 e. The van der Waals surface area contributed by atoms with E-state index in [0.717, 1.165) is 21.6 Å². The molecule has 1 aliphatic heterocycles. The third-order valence-electron chi connectivity index (χ3n) is 7.23. The van der Waals surface area contributed by atoms with Crippen molar-refractivity contribution in [2.24, 2.45) is 11.8 Å². The van der Waals surface area contributed by atoms with Crippen LogP contribution in [-0.4, -0.2) is 42.0 Å². The van der Waals surface area contributed by atoms with Gasteiger partial charge in [0, 0.05) is 35.3 Å². The van der Waals surface area contributed by atoms with E-state index in [1.165, 1.54) is 13.0 Å². The summed E-state index contributed by atoms with van der Waals surface area (Å²) in [6.45, 7) is 9.16. The average Bonchev–Trinajstić information content (AvgIpc) is 3.22. The van der Waals surface area contributed by atoms with Crippen molar-refractivity contribution in [3.8, 4) is 0 Å². The van der Waals surface area contributed by atoms with Gasteiger partial charge in [-0.15, -0.1) is 11.8 Å². The summed E-state index contributed by atoms with van der Waals surface area (Å²) in [5, 5.41) is 0. The predicted octanol–water partition coefficient (Wildman–Crippen LogP) is 4.88. The van der Waals surface area contributed by atoms with Gasteiger partial charge in [0.25, 0.3) is 0 Å². The smallest absolute Gasteiger partial charge is 0.334 e. The van der Waals surface area contributed by atoms with E-state index in [2.05, 4.69) is 6.58 Å². The molecule has 0 bridgehead atoms. The second kappa shape index (κ2) is 9.45. The number of esters is 3. The molecule has 1 unspecified atom stereocenters. The molecule has 0 amide bonds. The number of carbonyl (C=O) groups is 3. The highest BCUT2D eigenvalue weighted by Gasteiger charge is 2.56. The largest absolute Gasteiger partial charge is 0.459 e.